The van der Waals surface area contributed by atoms with E-state index in [-0.39, 0.29) is 30.5 Å². The van der Waals surface area contributed by atoms with Crippen LogP contribution in [0.5, 0.6) is 11.6 Å². The highest BCUT2D eigenvalue weighted by Gasteiger charge is 2.26. The lowest BCUT2D eigenvalue weighted by Crippen LogP contribution is -2.36. The van der Waals surface area contributed by atoms with Crippen LogP contribution in [0.15, 0.2) is 61.2 Å². The summed E-state index contributed by atoms with van der Waals surface area (Å²) in [5.74, 6) is -5.18. The van der Waals surface area contributed by atoms with Crippen LogP contribution in [0.2, 0.25) is 0 Å². The highest BCUT2D eigenvalue weighted by molar-refractivity contribution is 7.85. The third kappa shape index (κ3) is 7.39. The number of hydrogen-bond acceptors (Lipinski definition) is 8. The second-order valence-corrected chi connectivity index (χ2v) is 9.94. The fourth-order valence-corrected chi connectivity index (χ4v) is 5.06. The van der Waals surface area contributed by atoms with E-state index in [1.807, 2.05) is 0 Å². The molecule has 4 N–H and O–H groups in total. The molecule has 3 aromatic heterocycles. The molecule has 1 fully saturated rings. The van der Waals surface area contributed by atoms with E-state index in [1.165, 1.54) is 31.8 Å². The highest BCUT2D eigenvalue weighted by Crippen LogP contribution is 2.36. The van der Waals surface area contributed by atoms with Gasteiger partial charge >= 0.3 is 0 Å². The Kier molecular flexibility index (Phi) is 10.3. The van der Waals surface area contributed by atoms with Crippen molar-refractivity contribution in [2.24, 2.45) is 5.73 Å². The molecule has 9 nitrogen and oxygen atoms in total. The van der Waals surface area contributed by atoms with Crippen molar-refractivity contribution in [3.63, 3.8) is 0 Å². The molecule has 0 saturated carbocycles. The Morgan fingerprint density at radius 2 is 1.88 bits per heavy atom. The summed E-state index contributed by atoms with van der Waals surface area (Å²) in [5.41, 5.74) is 4.83. The number of halogens is 4. The van der Waals surface area contributed by atoms with Crippen molar-refractivity contribution < 1.29 is 26.5 Å². The summed E-state index contributed by atoms with van der Waals surface area (Å²) >= 11 is 0. The first kappa shape index (κ1) is 30.0. The topological polar surface area (TPSA) is 128 Å². The van der Waals surface area contributed by atoms with Crippen LogP contribution < -0.4 is 20.5 Å². The summed E-state index contributed by atoms with van der Waals surface area (Å²) in [7, 11) is -0.463. The number of aromatic nitrogens is 4. The second-order valence-electron chi connectivity index (χ2n) is 8.76. The molecule has 0 amide bonds. The summed E-state index contributed by atoms with van der Waals surface area (Å²) in [4.78, 5) is 16.7. The first-order valence-corrected chi connectivity index (χ1v) is 13.8. The number of ether oxygens (including phenoxy) is 1. The summed E-state index contributed by atoms with van der Waals surface area (Å²) in [6.07, 6.45) is 5.09. The Morgan fingerprint density at radius 3 is 2.63 bits per heavy atom. The van der Waals surface area contributed by atoms with Crippen molar-refractivity contribution >= 4 is 16.7 Å². The minimum atomic E-state index is -1.96. The molecule has 0 aliphatic carbocycles. The molecule has 0 spiro atoms. The molecule has 3 unspecified atom stereocenters. The van der Waals surface area contributed by atoms with Crippen LogP contribution in [0.4, 0.5) is 23.2 Å². The molecule has 14 heteroatoms. The van der Waals surface area contributed by atoms with Crippen LogP contribution in [-0.2, 0) is 16.7 Å². The first-order chi connectivity index (χ1) is 19.9. The Labute approximate surface area is 236 Å². The van der Waals surface area contributed by atoms with E-state index in [1.54, 1.807) is 30.3 Å². The summed E-state index contributed by atoms with van der Waals surface area (Å²) in [6, 6.07) is 8.66. The molecule has 3 atom stereocenters. The summed E-state index contributed by atoms with van der Waals surface area (Å²) < 4.78 is 78.6. The van der Waals surface area contributed by atoms with Crippen LogP contribution in [0, 0.1) is 17.5 Å². The van der Waals surface area contributed by atoms with E-state index in [0.717, 1.165) is 0 Å². The zero-order valence-corrected chi connectivity index (χ0v) is 22.7. The van der Waals surface area contributed by atoms with E-state index < -0.39 is 46.0 Å². The molecule has 0 radical (unpaired) electrons. The maximum atomic E-state index is 15.0. The zero-order valence-electron chi connectivity index (χ0n) is 21.9. The molecule has 216 valence electrons. The molecule has 1 aliphatic rings. The Hall–Kier alpha value is -4.01. The molecule has 1 aromatic carbocycles. The Bertz CT molecular complexity index is 1500. The first-order valence-electron chi connectivity index (χ1n) is 12.5. The predicted octanol–water partition coefficient (Wildman–Crippen LogP) is 4.41. The number of piperidine rings is 1. The number of nitrogens with zero attached hydrogens (tertiary/aromatic N) is 4. The van der Waals surface area contributed by atoms with E-state index in [0.29, 0.717) is 35.3 Å². The molecule has 5 rings (SSSR count). The average Bonchev–Trinajstić information content (AvgIpc) is 3.00. The van der Waals surface area contributed by atoms with Crippen molar-refractivity contribution in [3.8, 4) is 22.9 Å². The van der Waals surface area contributed by atoms with Gasteiger partial charge in [-0.25, -0.2) is 32.3 Å². The lowest BCUT2D eigenvalue weighted by Gasteiger charge is -2.24. The van der Waals surface area contributed by atoms with Gasteiger partial charge in [0.15, 0.2) is 17.4 Å². The molecular formula is C27H27F4N7O2S. The maximum Gasteiger partial charge on any atom is 0.228 e. The second kappa shape index (κ2) is 14.1. The molecule has 4 aromatic rings. The van der Waals surface area contributed by atoms with Gasteiger partial charge in [0.2, 0.25) is 11.7 Å². The van der Waals surface area contributed by atoms with Gasteiger partial charge in [-0.3, -0.25) is 9.71 Å². The number of hydrogen-bond donors (Lipinski definition) is 3. The molecule has 0 bridgehead atoms. The van der Waals surface area contributed by atoms with Crippen LogP contribution in [-0.4, -0.2) is 50.5 Å². The molecule has 1 aliphatic heterocycles. The van der Waals surface area contributed by atoms with Gasteiger partial charge in [0.05, 0.1) is 17.0 Å². The standard InChI is InChI=1S/C26H22F4N6O2S.CH5N/c27-17-9-16(12-32-13-17)25-33-8-5-20(35-25)18-4-2-7-34-26(18)38-21-10-19(28)24(23(30)22(21)29)36-39(37)14-15-3-1-6-31-11-15;1-2/h1-8,10-11,16-17,32,36H,9,12-14H2;2H2,1H3. The normalized spacial score (nSPS) is 17.2. The van der Waals surface area contributed by atoms with Gasteiger partial charge in [-0.15, -0.1) is 0 Å². The van der Waals surface area contributed by atoms with Gasteiger partial charge in [-0.05, 0) is 43.3 Å². The fraction of sp³-hybridized carbons (Fsp3) is 0.259. The average molecular weight is 590 g/mol. The lowest BCUT2D eigenvalue weighted by atomic mass is 9.97. The van der Waals surface area contributed by atoms with Crippen LogP contribution in [0.25, 0.3) is 11.3 Å². The van der Waals surface area contributed by atoms with Gasteiger partial charge in [0, 0.05) is 49.9 Å². The monoisotopic (exact) mass is 589 g/mol. The maximum absolute atomic E-state index is 15.0. The number of alkyl halides is 1. The van der Waals surface area contributed by atoms with Crippen LogP contribution in [0.3, 0.4) is 0 Å². The Balaban J connectivity index is 0.00000189. The summed E-state index contributed by atoms with van der Waals surface area (Å²) in [5, 5.41) is 3.00. The van der Waals surface area contributed by atoms with E-state index in [2.05, 4.69) is 35.7 Å². The minimum Gasteiger partial charge on any atom is -0.435 e. The molecular weight excluding hydrogens is 562 g/mol. The van der Waals surface area contributed by atoms with E-state index in [4.69, 9.17) is 4.74 Å². The zero-order chi connectivity index (χ0) is 29.4. The number of benzene rings is 1. The number of rotatable bonds is 8. The van der Waals surface area contributed by atoms with Gasteiger partial charge < -0.3 is 15.8 Å². The van der Waals surface area contributed by atoms with Gasteiger partial charge in [-0.1, -0.05) is 6.07 Å². The quantitative estimate of drug-likeness (QED) is 0.204. The minimum absolute atomic E-state index is 0.103. The third-order valence-corrected chi connectivity index (χ3v) is 6.98. The van der Waals surface area contributed by atoms with Crippen molar-refractivity contribution in [1.82, 2.24) is 25.3 Å². The van der Waals surface area contributed by atoms with Gasteiger partial charge in [0.25, 0.3) is 0 Å². The number of anilines is 1. The van der Waals surface area contributed by atoms with Crippen molar-refractivity contribution in [2.45, 2.75) is 24.3 Å². The highest BCUT2D eigenvalue weighted by atomic mass is 32.2. The lowest BCUT2D eigenvalue weighted by molar-refractivity contribution is 0.243. The number of nitrogens with one attached hydrogen (secondary N) is 2. The van der Waals surface area contributed by atoms with Crippen LogP contribution >= 0.6 is 0 Å². The van der Waals surface area contributed by atoms with Crippen molar-refractivity contribution in [2.75, 3.05) is 24.9 Å². The van der Waals surface area contributed by atoms with Crippen molar-refractivity contribution in [1.29, 1.82) is 0 Å². The SMILES string of the molecule is CN.O=S(Cc1cccnc1)Nc1c(F)cc(Oc2ncccc2-c2ccnc(C3CNCC(F)C3)n2)c(F)c1F. The Morgan fingerprint density at radius 1 is 1.07 bits per heavy atom. The van der Waals surface area contributed by atoms with Crippen LogP contribution in [0.1, 0.15) is 23.7 Å². The number of nitrogens with two attached hydrogens (primary N) is 1. The van der Waals surface area contributed by atoms with Crippen molar-refractivity contribution in [3.05, 3.63) is 90.0 Å². The van der Waals surface area contributed by atoms with E-state index >= 15 is 0 Å². The predicted molar refractivity (Wildman–Crippen MR) is 147 cm³/mol. The third-order valence-electron chi connectivity index (χ3n) is 5.95. The fourth-order valence-electron chi connectivity index (χ4n) is 4.10. The number of pyridine rings is 2. The smallest absolute Gasteiger partial charge is 0.228 e. The summed E-state index contributed by atoms with van der Waals surface area (Å²) in [6.45, 7) is 0.779. The molecule has 4 heterocycles. The van der Waals surface area contributed by atoms with Gasteiger partial charge in [0.1, 0.15) is 28.7 Å². The van der Waals surface area contributed by atoms with Gasteiger partial charge in [-0.2, -0.15) is 4.39 Å². The van der Waals surface area contributed by atoms with E-state index in [9.17, 15) is 21.8 Å². The molecule has 41 heavy (non-hydrogen) atoms. The largest absolute Gasteiger partial charge is 0.435 e. The molecule has 1 saturated heterocycles.